The molecule has 12 aromatic rings. The molecule has 0 atom stereocenters. The molecule has 0 amide bonds. The van der Waals surface area contributed by atoms with Gasteiger partial charge in [-0.05, 0) is 117 Å². The van der Waals surface area contributed by atoms with E-state index in [2.05, 4.69) is 44.4 Å². The number of benzene rings is 6. The Hall–Kier alpha value is -11.0. The molecule has 6 heterocycles. The van der Waals surface area contributed by atoms with Crippen molar-refractivity contribution in [1.29, 1.82) is 0 Å². The molecule has 0 aliphatic heterocycles. The Balaban J connectivity index is 0.000000137. The van der Waals surface area contributed by atoms with Gasteiger partial charge in [-0.15, -0.1) is 0 Å². The summed E-state index contributed by atoms with van der Waals surface area (Å²) in [4.78, 5) is 33.9. The molecule has 0 saturated heterocycles. The lowest BCUT2D eigenvalue weighted by Crippen LogP contribution is -2.17. The Labute approximate surface area is 582 Å². The first kappa shape index (κ1) is 69.4. The number of halogens is 6. The van der Waals surface area contributed by atoms with Gasteiger partial charge in [0.2, 0.25) is 0 Å². The van der Waals surface area contributed by atoms with Crippen molar-refractivity contribution in [2.45, 2.75) is 110 Å². The predicted octanol–water partition coefficient (Wildman–Crippen LogP) is 13.2. The van der Waals surface area contributed by atoms with Gasteiger partial charge in [-0.25, -0.2) is 91.2 Å². The molecular formula is C66H59ClF5N19O8S3. The zero-order valence-corrected chi connectivity index (χ0v) is 56.5. The Morgan fingerprint density at radius 2 is 0.775 bits per heavy atom. The number of aromatic nitrogens is 12. The molecule has 0 spiro atoms. The summed E-state index contributed by atoms with van der Waals surface area (Å²) in [7, 11) is -12.9. The van der Waals surface area contributed by atoms with E-state index in [1.165, 1.54) is 73.6 Å². The fourth-order valence-electron chi connectivity index (χ4n) is 12.8. The van der Waals surface area contributed by atoms with E-state index in [0.29, 0.717) is 66.9 Å². The first-order valence-electron chi connectivity index (χ1n) is 31.7. The van der Waals surface area contributed by atoms with Gasteiger partial charge in [-0.2, -0.15) is 15.3 Å². The van der Waals surface area contributed by atoms with E-state index in [1.807, 2.05) is 14.1 Å². The number of nitrogens with zero attached hydrogens (tertiary/aromatic N) is 13. The van der Waals surface area contributed by atoms with Gasteiger partial charge < -0.3 is 17.2 Å². The van der Waals surface area contributed by atoms with Crippen molar-refractivity contribution in [3.8, 4) is 33.8 Å². The summed E-state index contributed by atoms with van der Waals surface area (Å²) < 4.78 is 160. The molecule has 27 nitrogen and oxygen atoms in total. The molecular weight excluding hydrogens is 1410 g/mol. The second-order valence-electron chi connectivity index (χ2n) is 24.2. The number of rotatable bonds is 16. The van der Waals surface area contributed by atoms with Crippen molar-refractivity contribution in [2.24, 2.45) is 0 Å². The third kappa shape index (κ3) is 14.0. The molecule has 36 heteroatoms. The van der Waals surface area contributed by atoms with Crippen LogP contribution in [0.15, 0.2) is 155 Å². The summed E-state index contributed by atoms with van der Waals surface area (Å²) >= 11 is 5.89. The van der Waals surface area contributed by atoms with E-state index >= 15 is 8.78 Å². The highest BCUT2D eigenvalue weighted by Gasteiger charge is 2.31. The largest absolute Gasteiger partial charge is 0.383 e. The van der Waals surface area contributed by atoms with Crippen molar-refractivity contribution >= 4 is 115 Å². The summed E-state index contributed by atoms with van der Waals surface area (Å²) in [5.41, 5.74) is 21.2. The van der Waals surface area contributed by atoms with Crippen LogP contribution in [0, 0.1) is 39.2 Å². The van der Waals surface area contributed by atoms with Crippen LogP contribution in [0.5, 0.6) is 0 Å². The molecule has 0 radical (unpaired) electrons. The molecule has 3 aliphatic carbocycles. The number of sulfonamides is 3. The first-order valence-corrected chi connectivity index (χ1v) is 36.5. The van der Waals surface area contributed by atoms with E-state index in [0.717, 1.165) is 132 Å². The van der Waals surface area contributed by atoms with Gasteiger partial charge in [-0.3, -0.25) is 24.3 Å². The van der Waals surface area contributed by atoms with Crippen LogP contribution in [0.3, 0.4) is 0 Å². The fraction of sp³-hybridized carbons (Fsp3) is 0.227. The molecule has 0 unspecified atom stereocenters. The highest BCUT2D eigenvalue weighted by Crippen LogP contribution is 2.42. The van der Waals surface area contributed by atoms with E-state index < -0.39 is 74.7 Å². The van der Waals surface area contributed by atoms with Crippen LogP contribution >= 0.6 is 11.6 Å². The highest BCUT2D eigenvalue weighted by molar-refractivity contribution is 7.93. The van der Waals surface area contributed by atoms with E-state index in [4.69, 9.17) is 39.0 Å². The molecule has 3 aliphatic rings. The Morgan fingerprint density at radius 1 is 0.431 bits per heavy atom. The number of nitrogen functional groups attached to an aromatic ring is 3. The number of hydrogen-bond acceptors (Lipinski definition) is 20. The van der Waals surface area contributed by atoms with Crippen molar-refractivity contribution in [3.05, 3.63) is 185 Å². The van der Waals surface area contributed by atoms with Crippen LogP contribution in [-0.4, -0.2) is 89.4 Å². The minimum Gasteiger partial charge on any atom is -0.383 e. The van der Waals surface area contributed by atoms with Gasteiger partial charge in [0.05, 0.1) is 66.1 Å². The zero-order valence-electron chi connectivity index (χ0n) is 53.3. The Morgan fingerprint density at radius 3 is 1.12 bits per heavy atom. The summed E-state index contributed by atoms with van der Waals surface area (Å²) in [6.45, 7) is 0. The summed E-state index contributed by atoms with van der Waals surface area (Å²) in [6, 6.07) is 25.0. The summed E-state index contributed by atoms with van der Waals surface area (Å²) in [5.74, 6) is -4.46. The van der Waals surface area contributed by atoms with E-state index in [1.54, 1.807) is 16.8 Å². The fourth-order valence-corrected chi connectivity index (χ4v) is 16.4. The van der Waals surface area contributed by atoms with Gasteiger partial charge in [0.15, 0.2) is 21.8 Å². The molecule has 102 heavy (non-hydrogen) atoms. The second kappa shape index (κ2) is 28.2. The standard InChI is InChI=1S/C22H20ClFN6O2S.C22H19F3N6O2S.C22H20FN7O4S/c23-14-4-3-7-16(11-14)33(31,32)29-18-9-8-13(10-17(18)24)20-19-21(25)26-12-27-22(19)30(28-20)15-5-1-2-6-15;23-14-6-3-7-15(24)20(14)34(32,33)30-17-9-8-12(10-16(17)25)19-18-21(26)27-11-28-22(18)31(29-19)13-4-1-2-5-13;23-17-11-13(5-10-18(17)28-35(33,34)16-8-6-15(7-9-16)30(31)32)20-19-21(24)25-12-26-22(19)29(27-20)14-3-1-2-4-14/h3-4,7-12,15,29H,1-2,5-6H2,(H2,25,26,27);3,6-11,13,30H,1-2,4-5H2,(H2,26,27,28);5-12,14,28H,1-4H2,(H2,24,25,26). The van der Waals surface area contributed by atoms with Gasteiger partial charge in [0, 0.05) is 33.8 Å². The van der Waals surface area contributed by atoms with Crippen molar-refractivity contribution in [2.75, 3.05) is 31.4 Å². The summed E-state index contributed by atoms with van der Waals surface area (Å²) in [5, 5.41) is 26.6. The predicted molar refractivity (Wildman–Crippen MR) is 371 cm³/mol. The molecule has 3 fully saturated rings. The number of nitrogens with one attached hydrogen (secondary N) is 3. The Bertz CT molecular complexity index is 5600. The average Bonchev–Trinajstić information content (AvgIpc) is 1.60. The highest BCUT2D eigenvalue weighted by atomic mass is 35.5. The van der Waals surface area contributed by atoms with Crippen LogP contribution < -0.4 is 31.4 Å². The quantitative estimate of drug-likeness (QED) is 0.0297. The van der Waals surface area contributed by atoms with Crippen molar-refractivity contribution in [1.82, 2.24) is 59.2 Å². The number of nitrogens with two attached hydrogens (primary N) is 3. The number of nitro groups is 1. The number of fused-ring (bicyclic) bond motifs is 3. The second-order valence-corrected chi connectivity index (χ2v) is 29.6. The first-order chi connectivity index (χ1) is 48.8. The van der Waals surface area contributed by atoms with Crippen molar-refractivity contribution < 1.29 is 52.1 Å². The van der Waals surface area contributed by atoms with Crippen LogP contribution in [0.1, 0.15) is 95.2 Å². The van der Waals surface area contributed by atoms with E-state index in [9.17, 15) is 48.5 Å². The number of anilines is 6. The lowest BCUT2D eigenvalue weighted by molar-refractivity contribution is -0.384. The van der Waals surface area contributed by atoms with Gasteiger partial charge >= 0.3 is 0 Å². The van der Waals surface area contributed by atoms with Gasteiger partial charge in [0.1, 0.15) is 82.6 Å². The minimum atomic E-state index is -4.72. The topological polar surface area (TPSA) is 391 Å². The normalized spacial score (nSPS) is 14.6. The molecule has 9 N–H and O–H groups in total. The molecule has 6 aromatic heterocycles. The number of hydrogen-bond donors (Lipinski definition) is 6. The lowest BCUT2D eigenvalue weighted by atomic mass is 10.1. The average molecular weight is 1470 g/mol. The number of non-ortho nitro benzene ring substituents is 1. The molecule has 526 valence electrons. The molecule has 15 rings (SSSR count). The van der Waals surface area contributed by atoms with Gasteiger partial charge in [-0.1, -0.05) is 80.5 Å². The zero-order chi connectivity index (χ0) is 71.9. The maximum Gasteiger partial charge on any atom is 0.269 e. The third-order valence-corrected chi connectivity index (χ3v) is 22.1. The van der Waals surface area contributed by atoms with Crippen LogP contribution in [0.2, 0.25) is 5.02 Å². The third-order valence-electron chi connectivity index (χ3n) is 17.7. The Kier molecular flexibility index (Phi) is 19.2. The maximum absolute atomic E-state index is 15.0. The maximum atomic E-state index is 15.0. The van der Waals surface area contributed by atoms with Crippen LogP contribution in [0.25, 0.3) is 66.9 Å². The minimum absolute atomic E-state index is 0.0651. The lowest BCUT2D eigenvalue weighted by Gasteiger charge is -2.11. The van der Waals surface area contributed by atoms with Crippen molar-refractivity contribution in [3.63, 3.8) is 0 Å². The number of nitro benzene ring substituents is 1. The van der Waals surface area contributed by atoms with Crippen LogP contribution in [0.4, 0.5) is 62.2 Å². The smallest absolute Gasteiger partial charge is 0.269 e. The molecule has 0 bridgehead atoms. The SMILES string of the molecule is Nc1ncnc2c1c(-c1ccc(NS(=O)(=O)c3c(F)cccc3F)c(F)c1)nn2C1CCCC1.Nc1ncnc2c1c(-c1ccc(NS(=O)(=O)c3ccc([N+](=O)[O-])cc3)c(F)c1)nn2C1CCCC1.Nc1ncnc2c1c(-c1ccc(NS(=O)(=O)c3cccc(Cl)c3)c(F)c1)nn2C1CCCC1. The monoisotopic (exact) mass is 1470 g/mol. The summed E-state index contributed by atoms with van der Waals surface area (Å²) in [6.07, 6.45) is 16.4. The van der Waals surface area contributed by atoms with E-state index in [-0.39, 0.29) is 67.5 Å². The van der Waals surface area contributed by atoms with Crippen LogP contribution in [-0.2, 0) is 30.1 Å². The molecule has 3 saturated carbocycles. The molecule has 6 aromatic carbocycles. The van der Waals surface area contributed by atoms with Gasteiger partial charge in [0.25, 0.3) is 35.8 Å².